The lowest BCUT2D eigenvalue weighted by Gasteiger charge is -2.19. The molecule has 7 nitrogen and oxygen atoms in total. The second-order valence-electron chi connectivity index (χ2n) is 6.29. The van der Waals surface area contributed by atoms with E-state index in [9.17, 15) is 4.79 Å². The molecule has 1 aliphatic rings. The first kappa shape index (κ1) is 18.7. The highest BCUT2D eigenvalue weighted by molar-refractivity contribution is 5.97. The molecule has 0 saturated carbocycles. The molecular weight excluding hydrogens is 342 g/mol. The summed E-state index contributed by atoms with van der Waals surface area (Å²) in [5, 5.41) is 6.61. The van der Waals surface area contributed by atoms with Gasteiger partial charge in [-0.3, -0.25) is 4.79 Å². The summed E-state index contributed by atoms with van der Waals surface area (Å²) in [5.41, 5.74) is 1.92. The van der Waals surface area contributed by atoms with Gasteiger partial charge in [0, 0.05) is 37.5 Å². The van der Waals surface area contributed by atoms with E-state index in [4.69, 9.17) is 4.74 Å². The molecule has 1 atom stereocenters. The molecule has 2 heterocycles. The normalized spacial score (nSPS) is 17.1. The summed E-state index contributed by atoms with van der Waals surface area (Å²) in [6, 6.07) is 13.5. The molecule has 27 heavy (non-hydrogen) atoms. The van der Waals surface area contributed by atoms with E-state index in [1.54, 1.807) is 13.3 Å². The molecule has 1 aromatic carbocycles. The van der Waals surface area contributed by atoms with Gasteiger partial charge in [0.2, 0.25) is 11.8 Å². The molecule has 1 amide bonds. The van der Waals surface area contributed by atoms with E-state index in [1.807, 2.05) is 54.3 Å². The van der Waals surface area contributed by atoms with Gasteiger partial charge >= 0.3 is 0 Å². The van der Waals surface area contributed by atoms with E-state index in [1.165, 1.54) is 0 Å². The van der Waals surface area contributed by atoms with Crippen LogP contribution < -0.4 is 20.3 Å². The number of amides is 1. The number of para-hydroxylation sites is 1. The maximum absolute atomic E-state index is 12.4. The van der Waals surface area contributed by atoms with Gasteiger partial charge in [0.15, 0.2) is 5.96 Å². The van der Waals surface area contributed by atoms with Crippen LogP contribution in [0.15, 0.2) is 53.7 Å². The first-order valence-corrected chi connectivity index (χ1v) is 9.08. The van der Waals surface area contributed by atoms with Crippen molar-refractivity contribution >= 4 is 17.6 Å². The van der Waals surface area contributed by atoms with Crippen LogP contribution in [0.5, 0.6) is 5.88 Å². The number of carbonyl (C=O) groups is 1. The third-order valence-corrected chi connectivity index (χ3v) is 4.30. The van der Waals surface area contributed by atoms with Gasteiger partial charge in [0.05, 0.1) is 19.7 Å². The molecule has 1 saturated heterocycles. The lowest BCUT2D eigenvalue weighted by atomic mass is 10.2. The minimum atomic E-state index is 0.0181. The number of rotatable bonds is 6. The molecule has 1 aliphatic heterocycles. The standard InChI is InChI=1S/C20H25N5O2/c1-3-21-20(23-13-15-9-10-18(27-2)22-12-15)24-16-11-19(26)25(14-16)17-7-5-4-6-8-17/h4-10,12,16H,3,11,13-14H2,1-2H3,(H2,21,23,24). The van der Waals surface area contributed by atoms with Crippen LogP contribution in [0.25, 0.3) is 0 Å². The lowest BCUT2D eigenvalue weighted by Crippen LogP contribution is -2.44. The molecule has 3 rings (SSSR count). The SMILES string of the molecule is CCNC(=NCc1ccc(OC)nc1)NC1CC(=O)N(c2ccccc2)C1. The molecule has 0 radical (unpaired) electrons. The van der Waals surface area contributed by atoms with Gasteiger partial charge in [0.1, 0.15) is 0 Å². The van der Waals surface area contributed by atoms with Gasteiger partial charge in [0.25, 0.3) is 0 Å². The maximum atomic E-state index is 12.4. The molecule has 2 N–H and O–H groups in total. The third kappa shape index (κ3) is 4.97. The number of anilines is 1. The summed E-state index contributed by atoms with van der Waals surface area (Å²) in [6.45, 7) is 3.88. The highest BCUT2D eigenvalue weighted by Crippen LogP contribution is 2.21. The van der Waals surface area contributed by atoms with Crippen molar-refractivity contribution in [1.82, 2.24) is 15.6 Å². The minimum absolute atomic E-state index is 0.0181. The minimum Gasteiger partial charge on any atom is -0.481 e. The molecule has 1 unspecified atom stereocenters. The predicted molar refractivity (Wildman–Crippen MR) is 106 cm³/mol. The summed E-state index contributed by atoms with van der Waals surface area (Å²) in [4.78, 5) is 23.0. The number of aromatic nitrogens is 1. The smallest absolute Gasteiger partial charge is 0.229 e. The Kier molecular flexibility index (Phi) is 6.25. The Hall–Kier alpha value is -3.09. The van der Waals surface area contributed by atoms with Gasteiger partial charge in [-0.15, -0.1) is 0 Å². The van der Waals surface area contributed by atoms with Crippen molar-refractivity contribution in [2.24, 2.45) is 4.99 Å². The van der Waals surface area contributed by atoms with Crippen LogP contribution in [0.2, 0.25) is 0 Å². The zero-order valence-corrected chi connectivity index (χ0v) is 15.7. The van der Waals surface area contributed by atoms with Gasteiger partial charge in [-0.2, -0.15) is 0 Å². The van der Waals surface area contributed by atoms with Crippen molar-refractivity contribution < 1.29 is 9.53 Å². The number of carbonyl (C=O) groups excluding carboxylic acids is 1. The van der Waals surface area contributed by atoms with Gasteiger partial charge in [-0.1, -0.05) is 24.3 Å². The van der Waals surface area contributed by atoms with E-state index in [-0.39, 0.29) is 11.9 Å². The number of guanidine groups is 1. The van der Waals surface area contributed by atoms with E-state index in [0.29, 0.717) is 31.3 Å². The Morgan fingerprint density at radius 3 is 2.78 bits per heavy atom. The monoisotopic (exact) mass is 367 g/mol. The van der Waals surface area contributed by atoms with E-state index >= 15 is 0 Å². The largest absolute Gasteiger partial charge is 0.481 e. The molecule has 0 bridgehead atoms. The number of methoxy groups -OCH3 is 1. The number of hydrogen-bond acceptors (Lipinski definition) is 4. The lowest BCUT2D eigenvalue weighted by molar-refractivity contribution is -0.117. The van der Waals surface area contributed by atoms with Crippen molar-refractivity contribution in [3.05, 3.63) is 54.2 Å². The molecule has 142 valence electrons. The molecule has 7 heteroatoms. The number of nitrogens with zero attached hydrogens (tertiary/aromatic N) is 3. The quantitative estimate of drug-likeness (QED) is 0.603. The van der Waals surface area contributed by atoms with Crippen molar-refractivity contribution in [3.8, 4) is 5.88 Å². The Morgan fingerprint density at radius 1 is 1.30 bits per heavy atom. The van der Waals surface area contributed by atoms with E-state index < -0.39 is 0 Å². The summed E-state index contributed by atoms with van der Waals surface area (Å²) in [5.74, 6) is 1.40. The Morgan fingerprint density at radius 2 is 2.11 bits per heavy atom. The van der Waals surface area contributed by atoms with Gasteiger partial charge in [-0.25, -0.2) is 9.98 Å². The Balaban J connectivity index is 1.62. The summed E-state index contributed by atoms with van der Waals surface area (Å²) in [6.07, 6.45) is 2.20. The number of ether oxygens (including phenoxy) is 1. The van der Waals surface area contributed by atoms with Crippen molar-refractivity contribution in [2.75, 3.05) is 25.1 Å². The zero-order chi connectivity index (χ0) is 19.1. The van der Waals surface area contributed by atoms with Crippen LogP contribution in [0.4, 0.5) is 5.69 Å². The topological polar surface area (TPSA) is 78.9 Å². The fraction of sp³-hybridized carbons (Fsp3) is 0.350. The molecule has 2 aromatic rings. The number of hydrogen-bond donors (Lipinski definition) is 2. The van der Waals surface area contributed by atoms with E-state index in [2.05, 4.69) is 20.6 Å². The zero-order valence-electron chi connectivity index (χ0n) is 15.7. The number of benzene rings is 1. The summed E-state index contributed by atoms with van der Waals surface area (Å²) >= 11 is 0. The highest BCUT2D eigenvalue weighted by atomic mass is 16.5. The average Bonchev–Trinajstić information content (AvgIpc) is 3.07. The summed E-state index contributed by atoms with van der Waals surface area (Å²) in [7, 11) is 1.59. The first-order valence-electron chi connectivity index (χ1n) is 9.08. The summed E-state index contributed by atoms with van der Waals surface area (Å²) < 4.78 is 5.07. The van der Waals surface area contributed by atoms with Gasteiger partial charge in [-0.05, 0) is 24.6 Å². The number of nitrogens with one attached hydrogen (secondary N) is 2. The van der Waals surface area contributed by atoms with Crippen LogP contribution in [-0.2, 0) is 11.3 Å². The van der Waals surface area contributed by atoms with Crippen molar-refractivity contribution in [1.29, 1.82) is 0 Å². The van der Waals surface area contributed by atoms with Crippen LogP contribution in [0, 0.1) is 0 Å². The second kappa shape index (κ2) is 9.02. The Labute approximate surface area is 159 Å². The fourth-order valence-electron chi connectivity index (χ4n) is 2.97. The average molecular weight is 367 g/mol. The van der Waals surface area contributed by atoms with Crippen molar-refractivity contribution in [2.45, 2.75) is 25.9 Å². The third-order valence-electron chi connectivity index (χ3n) is 4.30. The Bertz CT molecular complexity index is 777. The van der Waals surface area contributed by atoms with Gasteiger partial charge < -0.3 is 20.3 Å². The van der Waals surface area contributed by atoms with Crippen LogP contribution in [0.1, 0.15) is 18.9 Å². The molecule has 1 fully saturated rings. The predicted octanol–water partition coefficient (Wildman–Crippen LogP) is 1.95. The maximum Gasteiger partial charge on any atom is 0.229 e. The van der Waals surface area contributed by atoms with Crippen LogP contribution in [0.3, 0.4) is 0 Å². The van der Waals surface area contributed by atoms with Crippen molar-refractivity contribution in [3.63, 3.8) is 0 Å². The molecule has 0 spiro atoms. The van der Waals surface area contributed by atoms with Crippen LogP contribution >= 0.6 is 0 Å². The van der Waals surface area contributed by atoms with E-state index in [0.717, 1.165) is 17.8 Å². The molecule has 0 aliphatic carbocycles. The van der Waals surface area contributed by atoms with Crippen LogP contribution in [-0.4, -0.2) is 43.1 Å². The molecular formula is C20H25N5O2. The fourth-order valence-corrected chi connectivity index (χ4v) is 2.97. The molecule has 1 aromatic heterocycles. The second-order valence-corrected chi connectivity index (χ2v) is 6.29. The number of aliphatic imine (C=N–C) groups is 1. The number of pyridine rings is 1. The highest BCUT2D eigenvalue weighted by Gasteiger charge is 2.31. The first-order chi connectivity index (χ1) is 13.2.